The predicted molar refractivity (Wildman–Crippen MR) is 344 cm³/mol. The van der Waals surface area contributed by atoms with Gasteiger partial charge in [-0.2, -0.15) is 0 Å². The number of hydrogen-bond donors (Lipinski definition) is 0. The van der Waals surface area contributed by atoms with Gasteiger partial charge in [-0.3, -0.25) is 14.4 Å². The van der Waals surface area contributed by atoms with Crippen LogP contribution in [0.3, 0.4) is 0 Å². The summed E-state index contributed by atoms with van der Waals surface area (Å²) in [5.41, 5.74) is 0. The Balaban J connectivity index is 4.30. The second kappa shape index (κ2) is 66.8. The summed E-state index contributed by atoms with van der Waals surface area (Å²) in [6, 6.07) is 0. The predicted octanol–water partition coefficient (Wildman–Crippen LogP) is 23.2. The lowest BCUT2D eigenvalue weighted by Crippen LogP contribution is -2.30. The number of ether oxygens (including phenoxy) is 3. The number of carbonyl (C=O) groups excluding carboxylic acids is 3. The van der Waals surface area contributed by atoms with Gasteiger partial charge in [0, 0.05) is 19.3 Å². The van der Waals surface area contributed by atoms with Crippen LogP contribution in [0, 0.1) is 0 Å². The zero-order chi connectivity index (χ0) is 57.1. The van der Waals surface area contributed by atoms with Crippen molar-refractivity contribution in [2.75, 3.05) is 13.2 Å². The van der Waals surface area contributed by atoms with E-state index in [2.05, 4.69) is 112 Å². The van der Waals surface area contributed by atoms with Gasteiger partial charge in [0.1, 0.15) is 13.2 Å². The van der Waals surface area contributed by atoms with Crippen molar-refractivity contribution in [2.24, 2.45) is 0 Å². The Morgan fingerprint density at radius 2 is 0.519 bits per heavy atom. The molecule has 1 unspecified atom stereocenters. The van der Waals surface area contributed by atoms with E-state index < -0.39 is 12.1 Å². The van der Waals surface area contributed by atoms with Crippen LogP contribution in [0.5, 0.6) is 0 Å². The highest BCUT2D eigenvalue weighted by Crippen LogP contribution is 2.17. The van der Waals surface area contributed by atoms with Gasteiger partial charge in [-0.25, -0.2) is 0 Å². The zero-order valence-corrected chi connectivity index (χ0v) is 52.1. The minimum atomic E-state index is -0.822. The highest BCUT2D eigenvalue weighted by molar-refractivity contribution is 5.71. The van der Waals surface area contributed by atoms with E-state index in [9.17, 15) is 14.4 Å². The van der Waals surface area contributed by atoms with Crippen LogP contribution in [0.25, 0.3) is 0 Å². The Morgan fingerprint density at radius 3 is 0.835 bits per heavy atom. The van der Waals surface area contributed by atoms with Gasteiger partial charge in [0.15, 0.2) is 6.10 Å². The number of rotatable bonds is 61. The number of allylic oxidation sites excluding steroid dienone is 16. The molecule has 0 saturated heterocycles. The molecule has 0 aliphatic rings. The van der Waals surface area contributed by atoms with Gasteiger partial charge in [-0.05, 0) is 109 Å². The maximum absolute atomic E-state index is 12.9. The van der Waals surface area contributed by atoms with Gasteiger partial charge in [-0.15, -0.1) is 0 Å². The maximum Gasteiger partial charge on any atom is 0.306 e. The van der Waals surface area contributed by atoms with Crippen molar-refractivity contribution < 1.29 is 28.6 Å². The van der Waals surface area contributed by atoms with Crippen molar-refractivity contribution in [1.29, 1.82) is 0 Å². The first kappa shape index (κ1) is 75.3. The monoisotopic (exact) mass is 1100 g/mol. The largest absolute Gasteiger partial charge is 0.462 e. The second-order valence-corrected chi connectivity index (χ2v) is 22.3. The first-order valence-corrected chi connectivity index (χ1v) is 33.7. The SMILES string of the molecule is CC/C=C\C/C=C\C/C=C\C/C=C\C/C=C\C/C=C\CCC(=O)OC(COC(=O)CCCCCCC/C=C\CCCCCC)COC(=O)CCCCCCCCCCCCCCCCCCC/C=C\CCCCCCCCCC. The molecule has 0 aromatic rings. The fourth-order valence-corrected chi connectivity index (χ4v) is 9.52. The average Bonchev–Trinajstić information content (AvgIpc) is 3.45. The summed E-state index contributed by atoms with van der Waals surface area (Å²) in [4.78, 5) is 38.3. The fraction of sp³-hybridized carbons (Fsp3) is 0.740. The molecule has 0 fully saturated rings. The fourth-order valence-electron chi connectivity index (χ4n) is 9.52. The van der Waals surface area contributed by atoms with Crippen LogP contribution in [0.15, 0.2) is 97.2 Å². The van der Waals surface area contributed by atoms with Gasteiger partial charge < -0.3 is 14.2 Å². The van der Waals surface area contributed by atoms with E-state index in [4.69, 9.17) is 14.2 Å². The van der Waals surface area contributed by atoms with Gasteiger partial charge in [0.05, 0.1) is 0 Å². The van der Waals surface area contributed by atoms with Crippen LogP contribution in [0.2, 0.25) is 0 Å². The Morgan fingerprint density at radius 1 is 0.266 bits per heavy atom. The van der Waals surface area contributed by atoms with E-state index in [0.29, 0.717) is 19.3 Å². The first-order valence-electron chi connectivity index (χ1n) is 33.7. The highest BCUT2D eigenvalue weighted by atomic mass is 16.6. The van der Waals surface area contributed by atoms with E-state index >= 15 is 0 Å². The van der Waals surface area contributed by atoms with Crippen molar-refractivity contribution in [3.63, 3.8) is 0 Å². The Bertz CT molecular complexity index is 1540. The second-order valence-electron chi connectivity index (χ2n) is 22.3. The minimum Gasteiger partial charge on any atom is -0.462 e. The summed E-state index contributed by atoms with van der Waals surface area (Å²) in [6.07, 6.45) is 90.2. The first-order chi connectivity index (χ1) is 39.0. The lowest BCUT2D eigenvalue weighted by molar-refractivity contribution is -0.166. The summed E-state index contributed by atoms with van der Waals surface area (Å²) in [5, 5.41) is 0. The van der Waals surface area contributed by atoms with Crippen molar-refractivity contribution >= 4 is 17.9 Å². The summed E-state index contributed by atoms with van der Waals surface area (Å²) in [6.45, 7) is 6.47. The number of unbranched alkanes of at least 4 members (excludes halogenated alkanes) is 34. The lowest BCUT2D eigenvalue weighted by atomic mass is 10.0. The van der Waals surface area contributed by atoms with E-state index in [1.165, 1.54) is 193 Å². The highest BCUT2D eigenvalue weighted by Gasteiger charge is 2.19. The summed E-state index contributed by atoms with van der Waals surface area (Å²) in [5.74, 6) is -0.992. The van der Waals surface area contributed by atoms with Gasteiger partial charge in [0.25, 0.3) is 0 Å². The number of hydrogen-bond acceptors (Lipinski definition) is 6. The Hall–Kier alpha value is -3.67. The van der Waals surface area contributed by atoms with Gasteiger partial charge in [-0.1, -0.05) is 298 Å². The topological polar surface area (TPSA) is 78.9 Å². The molecular weight excluding hydrogens is 973 g/mol. The smallest absolute Gasteiger partial charge is 0.306 e. The molecule has 0 radical (unpaired) electrons. The molecule has 0 spiro atoms. The van der Waals surface area contributed by atoms with E-state index in [0.717, 1.165) is 89.9 Å². The molecule has 0 heterocycles. The van der Waals surface area contributed by atoms with Crippen LogP contribution in [-0.2, 0) is 28.6 Å². The van der Waals surface area contributed by atoms with Crippen molar-refractivity contribution in [3.8, 4) is 0 Å². The van der Waals surface area contributed by atoms with Crippen molar-refractivity contribution in [3.05, 3.63) is 97.2 Å². The maximum atomic E-state index is 12.9. The third-order valence-electron chi connectivity index (χ3n) is 14.6. The third kappa shape index (κ3) is 65.0. The standard InChI is InChI=1S/C73H126O6/c1-4-7-10-13-16-19-22-25-27-29-31-32-33-34-35-36-37-38-39-40-42-43-45-48-51-54-57-60-63-66-72(75)78-69-70(68-77-71(74)65-62-59-56-53-50-47-24-21-18-15-12-9-6-3)79-73(76)67-64-61-58-55-52-49-46-44-41-30-28-26-23-20-17-14-11-8-5-2/h8,11,17,20-21,24,26,28-29,31,41,44,49,52,58,61,70H,4-7,9-10,12-16,18-19,22-23,25,27,30,32-40,42-43,45-48,50-51,53-57,59-60,62-69H2,1-3H3/b11-8-,20-17-,24-21-,28-26-,31-29-,44-41-,52-49-,61-58-. The molecule has 0 aromatic carbocycles. The molecule has 0 N–H and O–H groups in total. The lowest BCUT2D eigenvalue weighted by Gasteiger charge is -2.18. The molecular formula is C73H126O6. The van der Waals surface area contributed by atoms with Gasteiger partial charge >= 0.3 is 17.9 Å². The molecule has 0 aliphatic carbocycles. The molecule has 0 aliphatic heterocycles. The normalized spacial score (nSPS) is 12.7. The van der Waals surface area contributed by atoms with Crippen LogP contribution in [0.4, 0.5) is 0 Å². The van der Waals surface area contributed by atoms with Crippen LogP contribution in [-0.4, -0.2) is 37.2 Å². The summed E-state index contributed by atoms with van der Waals surface area (Å²) in [7, 11) is 0. The molecule has 1 atom stereocenters. The average molecular weight is 1100 g/mol. The van der Waals surface area contributed by atoms with Crippen LogP contribution >= 0.6 is 0 Å². The van der Waals surface area contributed by atoms with Crippen LogP contribution < -0.4 is 0 Å². The Labute approximate surface area is 489 Å². The zero-order valence-electron chi connectivity index (χ0n) is 52.1. The third-order valence-corrected chi connectivity index (χ3v) is 14.6. The molecule has 6 heteroatoms. The summed E-state index contributed by atoms with van der Waals surface area (Å²) >= 11 is 0. The van der Waals surface area contributed by atoms with Crippen molar-refractivity contribution in [1.82, 2.24) is 0 Å². The van der Waals surface area contributed by atoms with Crippen molar-refractivity contribution in [2.45, 2.75) is 335 Å². The molecule has 0 amide bonds. The van der Waals surface area contributed by atoms with E-state index in [1.807, 2.05) is 6.08 Å². The molecule has 454 valence electrons. The molecule has 0 aromatic heterocycles. The molecule has 0 bridgehead atoms. The number of esters is 3. The van der Waals surface area contributed by atoms with Gasteiger partial charge in [0.2, 0.25) is 0 Å². The molecule has 79 heavy (non-hydrogen) atoms. The van der Waals surface area contributed by atoms with E-state index in [-0.39, 0.29) is 31.6 Å². The minimum absolute atomic E-state index is 0.108. The number of carbonyl (C=O) groups is 3. The molecule has 0 rings (SSSR count). The summed E-state index contributed by atoms with van der Waals surface area (Å²) < 4.78 is 16.8. The Kier molecular flexibility index (Phi) is 63.7. The quantitative estimate of drug-likeness (QED) is 0.0261. The molecule has 6 nitrogen and oxygen atoms in total. The molecule has 0 saturated carbocycles. The van der Waals surface area contributed by atoms with Crippen LogP contribution in [0.1, 0.15) is 329 Å². The van der Waals surface area contributed by atoms with E-state index in [1.54, 1.807) is 0 Å².